The van der Waals surface area contributed by atoms with Gasteiger partial charge in [0.25, 0.3) is 0 Å². The molecule has 1 saturated heterocycles. The summed E-state index contributed by atoms with van der Waals surface area (Å²) in [6.07, 6.45) is 0. The topological polar surface area (TPSA) is 40.6 Å². The third-order valence-corrected chi connectivity index (χ3v) is 7.23. The first-order chi connectivity index (χ1) is 9.77. The summed E-state index contributed by atoms with van der Waals surface area (Å²) in [5, 5.41) is 0. The van der Waals surface area contributed by atoms with E-state index in [1.54, 1.807) is 16.4 Å². The molecule has 0 aromatic heterocycles. The van der Waals surface area contributed by atoms with Crippen LogP contribution in [0, 0.1) is 0 Å². The molecule has 118 valence electrons. The van der Waals surface area contributed by atoms with Gasteiger partial charge in [0.1, 0.15) is 0 Å². The van der Waals surface area contributed by atoms with Gasteiger partial charge in [-0.1, -0.05) is 6.07 Å². The van der Waals surface area contributed by atoms with E-state index in [1.807, 2.05) is 27.0 Å². The fourth-order valence-electron chi connectivity index (χ4n) is 2.52. The van der Waals surface area contributed by atoms with Crippen molar-refractivity contribution < 1.29 is 8.42 Å². The molecule has 2 rings (SSSR count). The van der Waals surface area contributed by atoms with Gasteiger partial charge in [-0.2, -0.15) is 4.31 Å². The average Bonchev–Trinajstić information content (AvgIpc) is 2.44. The number of hydrogen-bond acceptors (Lipinski definition) is 3. The molecule has 0 N–H and O–H groups in total. The van der Waals surface area contributed by atoms with Crippen LogP contribution in [0.3, 0.4) is 0 Å². The van der Waals surface area contributed by atoms with E-state index in [4.69, 9.17) is 11.6 Å². The maximum Gasteiger partial charge on any atom is 0.244 e. The van der Waals surface area contributed by atoms with E-state index >= 15 is 0 Å². The van der Waals surface area contributed by atoms with Gasteiger partial charge in [0, 0.05) is 35.5 Å². The van der Waals surface area contributed by atoms with E-state index < -0.39 is 10.0 Å². The number of sulfonamides is 1. The van der Waals surface area contributed by atoms with Crippen LogP contribution in [0.1, 0.15) is 19.4 Å². The van der Waals surface area contributed by atoms with Gasteiger partial charge in [-0.3, -0.25) is 4.90 Å². The zero-order valence-electron chi connectivity index (χ0n) is 12.4. The van der Waals surface area contributed by atoms with Crippen molar-refractivity contribution in [1.29, 1.82) is 0 Å². The van der Waals surface area contributed by atoms with Gasteiger partial charge >= 0.3 is 0 Å². The van der Waals surface area contributed by atoms with Gasteiger partial charge in [0.15, 0.2) is 0 Å². The Labute approximate surface area is 140 Å². The van der Waals surface area contributed by atoms with Gasteiger partial charge < -0.3 is 0 Å². The van der Waals surface area contributed by atoms with E-state index in [-0.39, 0.29) is 12.1 Å². The van der Waals surface area contributed by atoms with Crippen LogP contribution in [0.25, 0.3) is 0 Å². The van der Waals surface area contributed by atoms with Crippen LogP contribution < -0.4 is 0 Å². The molecule has 0 radical (unpaired) electrons. The zero-order valence-corrected chi connectivity index (χ0v) is 15.5. The van der Waals surface area contributed by atoms with Crippen molar-refractivity contribution in [3.63, 3.8) is 0 Å². The molecule has 1 fully saturated rings. The highest BCUT2D eigenvalue weighted by atomic mass is 79.9. The zero-order chi connectivity index (χ0) is 15.8. The molecule has 0 bridgehead atoms. The summed E-state index contributed by atoms with van der Waals surface area (Å²) in [5.41, 5.74) is 0.800. The van der Waals surface area contributed by atoms with Crippen molar-refractivity contribution >= 4 is 37.6 Å². The van der Waals surface area contributed by atoms with Crippen LogP contribution in [0.2, 0.25) is 0 Å². The molecular formula is C14H20BrClN2O2S. The summed E-state index contributed by atoms with van der Waals surface area (Å²) in [6.45, 7) is 5.09. The van der Waals surface area contributed by atoms with Crippen molar-refractivity contribution in [3.05, 3.63) is 28.2 Å². The third-order valence-electron chi connectivity index (χ3n) is 4.09. The van der Waals surface area contributed by atoms with Gasteiger partial charge in [0.2, 0.25) is 10.0 Å². The minimum atomic E-state index is -3.51. The fourth-order valence-corrected chi connectivity index (χ4v) is 5.26. The summed E-state index contributed by atoms with van der Waals surface area (Å²) in [6, 6.07) is 5.61. The van der Waals surface area contributed by atoms with Crippen LogP contribution in [0.5, 0.6) is 0 Å². The van der Waals surface area contributed by atoms with Gasteiger partial charge in [-0.25, -0.2) is 8.42 Å². The highest BCUT2D eigenvalue weighted by molar-refractivity contribution is 9.10. The Kier molecular flexibility index (Phi) is 5.36. The summed E-state index contributed by atoms with van der Waals surface area (Å²) in [4.78, 5) is 2.50. The third kappa shape index (κ3) is 3.45. The Balaban J connectivity index is 2.38. The molecule has 0 amide bonds. The minimum Gasteiger partial charge on any atom is -0.298 e. The van der Waals surface area contributed by atoms with E-state index in [1.165, 1.54) is 0 Å². The van der Waals surface area contributed by atoms with Crippen molar-refractivity contribution in [2.45, 2.75) is 36.7 Å². The number of hydrogen-bond donors (Lipinski definition) is 0. The lowest BCUT2D eigenvalue weighted by atomic mass is 10.1. The number of rotatable bonds is 3. The molecule has 0 saturated carbocycles. The Bertz CT molecular complexity index is 611. The van der Waals surface area contributed by atoms with E-state index in [0.29, 0.717) is 28.3 Å². The largest absolute Gasteiger partial charge is 0.298 e. The highest BCUT2D eigenvalue weighted by Gasteiger charge is 2.35. The molecule has 1 aromatic carbocycles. The number of halogens is 2. The molecule has 2 atom stereocenters. The normalized spacial score (nSPS) is 25.2. The summed E-state index contributed by atoms with van der Waals surface area (Å²) in [5.74, 6) is 0.297. The van der Waals surface area contributed by atoms with Crippen LogP contribution in [-0.2, 0) is 15.9 Å². The molecule has 0 spiro atoms. The maximum atomic E-state index is 12.9. The lowest BCUT2D eigenvalue weighted by Gasteiger charge is -2.41. The molecular weight excluding hydrogens is 376 g/mol. The van der Waals surface area contributed by atoms with Crippen LogP contribution in [0.4, 0.5) is 0 Å². The first-order valence-electron chi connectivity index (χ1n) is 6.84. The summed E-state index contributed by atoms with van der Waals surface area (Å²) >= 11 is 9.17. The second-order valence-electron chi connectivity index (χ2n) is 5.58. The molecule has 1 heterocycles. The molecule has 2 unspecified atom stereocenters. The highest BCUT2D eigenvalue weighted by Crippen LogP contribution is 2.29. The predicted molar refractivity (Wildman–Crippen MR) is 89.1 cm³/mol. The van der Waals surface area contributed by atoms with Crippen molar-refractivity contribution in [1.82, 2.24) is 9.21 Å². The number of piperazine rings is 1. The molecule has 1 aromatic rings. The van der Waals surface area contributed by atoms with E-state index in [9.17, 15) is 8.42 Å². The van der Waals surface area contributed by atoms with Crippen LogP contribution in [-0.4, -0.2) is 49.8 Å². The SMILES string of the molecule is CC1CN(S(=O)(=O)c2cc(CCl)ccc2Br)CC(C)N1C. The minimum absolute atomic E-state index is 0.193. The van der Waals surface area contributed by atoms with Crippen molar-refractivity contribution in [3.8, 4) is 0 Å². The molecule has 1 aliphatic heterocycles. The summed E-state index contributed by atoms with van der Waals surface area (Å²) in [7, 11) is -1.48. The first kappa shape index (κ1) is 17.2. The second kappa shape index (κ2) is 6.54. The van der Waals surface area contributed by atoms with Crippen molar-refractivity contribution in [2.24, 2.45) is 0 Å². The molecule has 7 heteroatoms. The smallest absolute Gasteiger partial charge is 0.244 e. The Morgan fingerprint density at radius 3 is 2.38 bits per heavy atom. The number of nitrogens with zero attached hydrogens (tertiary/aromatic N) is 2. The lowest BCUT2D eigenvalue weighted by Crippen LogP contribution is -2.56. The first-order valence-corrected chi connectivity index (χ1v) is 9.60. The monoisotopic (exact) mass is 394 g/mol. The molecule has 0 aliphatic carbocycles. The number of alkyl halides is 1. The summed E-state index contributed by atoms with van der Waals surface area (Å²) < 4.78 is 28.0. The Morgan fingerprint density at radius 2 is 1.86 bits per heavy atom. The standard InChI is InChI=1S/C14H20BrClN2O2S/c1-10-8-18(9-11(2)17(10)3)21(19,20)14-6-12(7-16)4-5-13(14)15/h4-6,10-11H,7-9H2,1-3H3. The van der Waals surface area contributed by atoms with Crippen molar-refractivity contribution in [2.75, 3.05) is 20.1 Å². The van der Waals surface area contributed by atoms with Gasteiger partial charge in [-0.15, -0.1) is 11.6 Å². The molecule has 4 nitrogen and oxygen atoms in total. The predicted octanol–water partition coefficient (Wildman–Crippen LogP) is 2.90. The number of likely N-dealkylation sites (N-methyl/N-ethyl adjacent to an activating group) is 1. The van der Waals surface area contributed by atoms with Crippen LogP contribution in [0.15, 0.2) is 27.6 Å². The number of benzene rings is 1. The van der Waals surface area contributed by atoms with Gasteiger partial charge in [0.05, 0.1) is 4.90 Å². The quantitative estimate of drug-likeness (QED) is 0.739. The average molecular weight is 396 g/mol. The Hall–Kier alpha value is -0.140. The Morgan fingerprint density at radius 1 is 1.29 bits per heavy atom. The second-order valence-corrected chi connectivity index (χ2v) is 8.61. The molecule has 1 aliphatic rings. The maximum absolute atomic E-state index is 12.9. The lowest BCUT2D eigenvalue weighted by molar-refractivity contribution is 0.105. The van der Waals surface area contributed by atoms with Crippen LogP contribution >= 0.6 is 27.5 Å². The van der Waals surface area contributed by atoms with Gasteiger partial charge in [-0.05, 0) is 54.5 Å². The molecule has 21 heavy (non-hydrogen) atoms. The van der Waals surface area contributed by atoms with E-state index in [0.717, 1.165) is 5.56 Å². The van der Waals surface area contributed by atoms with E-state index in [2.05, 4.69) is 20.8 Å². The fraction of sp³-hybridized carbons (Fsp3) is 0.571.